The van der Waals surface area contributed by atoms with Gasteiger partial charge in [0.05, 0.1) is 5.56 Å². The maximum absolute atomic E-state index is 4.16. The van der Waals surface area contributed by atoms with Crippen LogP contribution in [0.4, 0.5) is 0 Å². The molecule has 0 aliphatic rings. The van der Waals surface area contributed by atoms with Gasteiger partial charge in [-0.05, 0) is 19.1 Å². The molecule has 0 unspecified atom stereocenters. The smallest absolute Gasteiger partial charge is 0.138 e. The minimum atomic E-state index is 0.898. The molecule has 0 aliphatic carbocycles. The van der Waals surface area contributed by atoms with Crippen molar-refractivity contribution in [1.29, 1.82) is 0 Å². The minimum absolute atomic E-state index is 0.898. The van der Waals surface area contributed by atoms with E-state index in [2.05, 4.69) is 21.8 Å². The number of aromatic nitrogens is 2. The summed E-state index contributed by atoms with van der Waals surface area (Å²) in [5.41, 5.74) is 1.91. The van der Waals surface area contributed by atoms with Crippen LogP contribution >= 0.6 is 0 Å². The first-order valence-electron chi connectivity index (χ1n) is 3.76. The van der Waals surface area contributed by atoms with E-state index >= 15 is 0 Å². The fraction of sp³-hybridized carbons (Fsp3) is 0.100. The molecular weight excluding hydrogens is 148 g/mol. The predicted octanol–water partition coefficient (Wildman–Crippen LogP) is 1.93. The fourth-order valence-electron chi connectivity index (χ4n) is 1.19. The van der Waals surface area contributed by atoms with Gasteiger partial charge in [0.1, 0.15) is 5.65 Å². The second-order valence-electron chi connectivity index (χ2n) is 2.48. The Balaban J connectivity index is 2.76. The largest absolute Gasteiger partial charge is 0.345 e. The van der Waals surface area contributed by atoms with Crippen molar-refractivity contribution in [2.75, 3.05) is 0 Å². The summed E-state index contributed by atoms with van der Waals surface area (Å²) in [4.78, 5) is 7.22. The first-order valence-corrected chi connectivity index (χ1v) is 3.76. The van der Waals surface area contributed by atoms with Gasteiger partial charge in [0, 0.05) is 17.8 Å². The van der Waals surface area contributed by atoms with Crippen LogP contribution in [0.25, 0.3) is 11.0 Å². The van der Waals surface area contributed by atoms with E-state index in [-0.39, 0.29) is 0 Å². The molecule has 0 saturated carbocycles. The van der Waals surface area contributed by atoms with E-state index in [1.165, 1.54) is 0 Å². The first kappa shape index (κ1) is 6.93. The fourth-order valence-corrected chi connectivity index (χ4v) is 1.19. The maximum atomic E-state index is 4.16. The van der Waals surface area contributed by atoms with Crippen LogP contribution in [0.5, 0.6) is 0 Å². The molecule has 0 spiro atoms. The number of hydrogen-bond acceptors (Lipinski definition) is 1. The Kier molecular flexibility index (Phi) is 1.56. The Morgan fingerprint density at radius 2 is 2.42 bits per heavy atom. The van der Waals surface area contributed by atoms with E-state index in [0.717, 1.165) is 16.6 Å². The highest BCUT2D eigenvalue weighted by atomic mass is 14.8. The molecule has 0 radical (unpaired) electrons. The molecule has 2 nitrogen and oxygen atoms in total. The molecule has 0 fully saturated rings. The van der Waals surface area contributed by atoms with E-state index in [1.807, 2.05) is 25.3 Å². The lowest BCUT2D eigenvalue weighted by Gasteiger charge is -1.86. The number of aromatic amines is 1. The number of pyridine rings is 1. The minimum Gasteiger partial charge on any atom is -0.345 e. The monoisotopic (exact) mass is 156 g/mol. The summed E-state index contributed by atoms with van der Waals surface area (Å²) in [6.07, 6.45) is 3.65. The van der Waals surface area contributed by atoms with Crippen molar-refractivity contribution in [2.45, 2.75) is 6.92 Å². The Morgan fingerprint density at radius 1 is 1.50 bits per heavy atom. The van der Waals surface area contributed by atoms with Crippen molar-refractivity contribution < 1.29 is 0 Å². The summed E-state index contributed by atoms with van der Waals surface area (Å²) in [5.74, 6) is 5.87. The van der Waals surface area contributed by atoms with Crippen molar-refractivity contribution in [3.8, 4) is 11.8 Å². The molecule has 2 rings (SSSR count). The van der Waals surface area contributed by atoms with Gasteiger partial charge in [0.25, 0.3) is 0 Å². The lowest BCUT2D eigenvalue weighted by atomic mass is 10.2. The molecule has 0 aromatic carbocycles. The van der Waals surface area contributed by atoms with E-state index in [1.54, 1.807) is 6.20 Å². The van der Waals surface area contributed by atoms with Crippen molar-refractivity contribution in [2.24, 2.45) is 0 Å². The third kappa shape index (κ3) is 0.960. The highest BCUT2D eigenvalue weighted by molar-refractivity contribution is 5.82. The molecular formula is C10H8N2. The normalized spacial score (nSPS) is 9.42. The Labute approximate surface area is 70.6 Å². The highest BCUT2D eigenvalue weighted by Crippen LogP contribution is 2.13. The first-order chi connectivity index (χ1) is 5.92. The van der Waals surface area contributed by atoms with Crippen LogP contribution < -0.4 is 0 Å². The van der Waals surface area contributed by atoms with Gasteiger partial charge in [-0.3, -0.25) is 0 Å². The van der Waals surface area contributed by atoms with E-state index in [9.17, 15) is 0 Å². The van der Waals surface area contributed by atoms with Gasteiger partial charge in [-0.15, -0.1) is 5.92 Å². The standard InChI is InChI=1S/C10H8N2/c1-2-4-8-7-12-10-9(8)5-3-6-11-10/h3,5-7H,1H3,(H,11,12). The number of H-pyrrole nitrogens is 1. The molecule has 2 heteroatoms. The zero-order valence-corrected chi connectivity index (χ0v) is 6.76. The average molecular weight is 156 g/mol. The average Bonchev–Trinajstić information content (AvgIpc) is 2.50. The van der Waals surface area contributed by atoms with E-state index in [0.29, 0.717) is 0 Å². The summed E-state index contributed by atoms with van der Waals surface area (Å²) >= 11 is 0. The molecule has 2 aromatic heterocycles. The van der Waals surface area contributed by atoms with Crippen molar-refractivity contribution in [3.05, 3.63) is 30.1 Å². The van der Waals surface area contributed by atoms with Gasteiger partial charge in [-0.1, -0.05) is 5.92 Å². The molecule has 12 heavy (non-hydrogen) atoms. The Bertz CT molecular complexity index is 457. The summed E-state index contributed by atoms with van der Waals surface area (Å²) in [5, 5.41) is 1.09. The van der Waals surface area contributed by atoms with Gasteiger partial charge < -0.3 is 4.98 Å². The number of nitrogens with one attached hydrogen (secondary N) is 1. The van der Waals surface area contributed by atoms with Gasteiger partial charge in [-0.25, -0.2) is 4.98 Å². The molecule has 1 N–H and O–H groups in total. The second kappa shape index (κ2) is 2.71. The van der Waals surface area contributed by atoms with Crippen LogP contribution in [0, 0.1) is 11.8 Å². The Hall–Kier alpha value is -1.75. The zero-order valence-electron chi connectivity index (χ0n) is 6.76. The van der Waals surface area contributed by atoms with Crippen LogP contribution in [-0.2, 0) is 0 Å². The molecule has 0 bridgehead atoms. The van der Waals surface area contributed by atoms with Gasteiger partial charge >= 0.3 is 0 Å². The van der Waals surface area contributed by atoms with Crippen LogP contribution in [0.2, 0.25) is 0 Å². The van der Waals surface area contributed by atoms with Crippen molar-refractivity contribution >= 4 is 11.0 Å². The molecule has 0 atom stereocenters. The molecule has 2 heterocycles. The number of hydrogen-bond donors (Lipinski definition) is 1. The molecule has 58 valence electrons. The zero-order chi connectivity index (χ0) is 8.39. The third-order valence-electron chi connectivity index (χ3n) is 1.71. The van der Waals surface area contributed by atoms with E-state index < -0.39 is 0 Å². The summed E-state index contributed by atoms with van der Waals surface area (Å²) < 4.78 is 0. The predicted molar refractivity (Wildman–Crippen MR) is 48.6 cm³/mol. The van der Waals surface area contributed by atoms with Crippen LogP contribution in [0.15, 0.2) is 24.5 Å². The van der Waals surface area contributed by atoms with E-state index in [4.69, 9.17) is 0 Å². The summed E-state index contributed by atoms with van der Waals surface area (Å²) in [6, 6.07) is 3.93. The number of nitrogens with zero attached hydrogens (tertiary/aromatic N) is 1. The number of fused-ring (bicyclic) bond motifs is 1. The molecule has 2 aromatic rings. The quantitative estimate of drug-likeness (QED) is 0.580. The molecule has 0 aliphatic heterocycles. The lowest BCUT2D eigenvalue weighted by molar-refractivity contribution is 1.33. The molecule has 0 amide bonds. The van der Waals surface area contributed by atoms with Crippen LogP contribution in [0.1, 0.15) is 12.5 Å². The van der Waals surface area contributed by atoms with Gasteiger partial charge in [0.15, 0.2) is 0 Å². The molecule has 0 saturated heterocycles. The Morgan fingerprint density at radius 3 is 3.25 bits per heavy atom. The number of rotatable bonds is 0. The second-order valence-corrected chi connectivity index (χ2v) is 2.48. The van der Waals surface area contributed by atoms with Gasteiger partial charge in [-0.2, -0.15) is 0 Å². The van der Waals surface area contributed by atoms with Crippen molar-refractivity contribution in [3.63, 3.8) is 0 Å². The topological polar surface area (TPSA) is 28.7 Å². The summed E-state index contributed by atoms with van der Waals surface area (Å²) in [6.45, 7) is 1.83. The lowest BCUT2D eigenvalue weighted by Crippen LogP contribution is -1.73. The van der Waals surface area contributed by atoms with Crippen LogP contribution in [-0.4, -0.2) is 9.97 Å². The third-order valence-corrected chi connectivity index (χ3v) is 1.71. The summed E-state index contributed by atoms with van der Waals surface area (Å²) in [7, 11) is 0. The highest BCUT2D eigenvalue weighted by Gasteiger charge is 1.98. The van der Waals surface area contributed by atoms with Gasteiger partial charge in [0.2, 0.25) is 0 Å². The van der Waals surface area contributed by atoms with Crippen LogP contribution in [0.3, 0.4) is 0 Å². The maximum Gasteiger partial charge on any atom is 0.138 e. The SMILES string of the molecule is CC#Cc1c[nH]c2ncccc12. The van der Waals surface area contributed by atoms with Crippen molar-refractivity contribution in [1.82, 2.24) is 9.97 Å².